The van der Waals surface area contributed by atoms with Crippen LogP contribution in [0.3, 0.4) is 0 Å². The highest BCUT2D eigenvalue weighted by atomic mass is 32.2. The van der Waals surface area contributed by atoms with E-state index >= 15 is 0 Å². The van der Waals surface area contributed by atoms with Gasteiger partial charge in [-0.2, -0.15) is 11.3 Å². The maximum absolute atomic E-state index is 12.7. The lowest BCUT2D eigenvalue weighted by molar-refractivity contribution is -0.130. The fraction of sp³-hybridized carbons (Fsp3) is 0.625. The molecule has 1 N–H and O–H groups in total. The molecule has 2 saturated heterocycles. The summed E-state index contributed by atoms with van der Waals surface area (Å²) in [6.45, 7) is 2.92. The Morgan fingerprint density at radius 2 is 2.24 bits per heavy atom. The number of nitrogens with one attached hydrogen (secondary N) is 1. The number of fused-ring (bicyclic) bond motifs is 1. The van der Waals surface area contributed by atoms with Crippen molar-refractivity contribution in [3.8, 4) is 0 Å². The third-order valence-corrected chi connectivity index (χ3v) is 7.11. The molecule has 3 heterocycles. The third-order valence-electron chi connectivity index (χ3n) is 4.64. The third kappa shape index (κ3) is 4.04. The molecule has 2 amide bonds. The molecule has 0 spiro atoms. The minimum Gasteiger partial charge on any atom is -0.352 e. The van der Waals surface area contributed by atoms with Crippen LogP contribution in [0.5, 0.6) is 0 Å². The van der Waals surface area contributed by atoms with E-state index in [1.54, 1.807) is 11.3 Å². The molecule has 2 atom stereocenters. The molecule has 2 aliphatic heterocycles. The van der Waals surface area contributed by atoms with Crippen LogP contribution in [0.4, 0.5) is 0 Å². The lowest BCUT2D eigenvalue weighted by atomic mass is 10.1. The van der Waals surface area contributed by atoms with Crippen LogP contribution in [0.2, 0.25) is 0 Å². The number of nitrogens with zero attached hydrogens (tertiary/aromatic N) is 2. The first-order valence-electron chi connectivity index (χ1n) is 8.49. The predicted molar refractivity (Wildman–Crippen MR) is 95.7 cm³/mol. The van der Waals surface area contributed by atoms with Crippen LogP contribution >= 0.6 is 11.3 Å². The molecule has 1 aromatic rings. The minimum absolute atomic E-state index is 0.0508. The summed E-state index contributed by atoms with van der Waals surface area (Å²) in [7, 11) is -3.53. The number of carbonyl (C=O) groups excluding carboxylic acids is 2. The van der Waals surface area contributed by atoms with E-state index in [-0.39, 0.29) is 30.2 Å². The second kappa shape index (κ2) is 7.43. The van der Waals surface area contributed by atoms with Crippen molar-refractivity contribution in [2.45, 2.75) is 38.3 Å². The maximum Gasteiger partial charge on any atom is 0.253 e. The number of thiophene rings is 1. The van der Waals surface area contributed by atoms with Crippen LogP contribution in [0, 0.1) is 0 Å². The van der Waals surface area contributed by atoms with Crippen molar-refractivity contribution in [1.29, 1.82) is 0 Å². The summed E-state index contributed by atoms with van der Waals surface area (Å²) in [6, 6.07) is 1.34. The number of amides is 2. The molecule has 25 heavy (non-hydrogen) atoms. The Kier molecular flexibility index (Phi) is 5.45. The summed E-state index contributed by atoms with van der Waals surface area (Å²) in [5.41, 5.74) is 0.978. The maximum atomic E-state index is 12.7. The molecule has 0 aromatic carbocycles. The molecule has 9 heteroatoms. The van der Waals surface area contributed by atoms with Gasteiger partial charge in [0.05, 0.1) is 18.2 Å². The molecule has 2 fully saturated rings. The second-order valence-electron chi connectivity index (χ2n) is 6.55. The number of carbonyl (C=O) groups is 2. The number of hydrogen-bond donors (Lipinski definition) is 1. The summed E-state index contributed by atoms with van der Waals surface area (Å²) < 4.78 is 25.6. The fourth-order valence-corrected chi connectivity index (χ4v) is 5.68. The van der Waals surface area contributed by atoms with Crippen LogP contribution in [0.25, 0.3) is 0 Å². The molecule has 3 rings (SSSR count). The van der Waals surface area contributed by atoms with Crippen molar-refractivity contribution in [3.05, 3.63) is 22.4 Å². The average molecular weight is 386 g/mol. The summed E-state index contributed by atoms with van der Waals surface area (Å²) >= 11 is 1.55. The Balaban J connectivity index is 1.64. The van der Waals surface area contributed by atoms with E-state index < -0.39 is 16.1 Å². The van der Waals surface area contributed by atoms with Gasteiger partial charge in [-0.05, 0) is 35.2 Å². The zero-order chi connectivity index (χ0) is 18.0. The van der Waals surface area contributed by atoms with E-state index in [1.165, 1.54) is 0 Å². The first-order chi connectivity index (χ1) is 11.9. The molecular weight excluding hydrogens is 362 g/mol. The van der Waals surface area contributed by atoms with Gasteiger partial charge < -0.3 is 5.32 Å². The molecule has 0 unspecified atom stereocenters. The second-order valence-corrected chi connectivity index (χ2v) is 9.34. The van der Waals surface area contributed by atoms with Crippen LogP contribution in [0.1, 0.15) is 25.3 Å². The lowest BCUT2D eigenvalue weighted by Gasteiger charge is -2.23. The lowest BCUT2D eigenvalue weighted by Crippen LogP contribution is -2.44. The summed E-state index contributed by atoms with van der Waals surface area (Å²) in [4.78, 5) is 26.8. The predicted octanol–water partition coefficient (Wildman–Crippen LogP) is 0.432. The molecular formula is C16H23N3O4S2. The van der Waals surface area contributed by atoms with Gasteiger partial charge in [0, 0.05) is 25.7 Å². The molecule has 0 saturated carbocycles. The van der Waals surface area contributed by atoms with Crippen molar-refractivity contribution < 1.29 is 18.0 Å². The zero-order valence-corrected chi connectivity index (χ0v) is 15.8. The van der Waals surface area contributed by atoms with Gasteiger partial charge in [-0.3, -0.25) is 14.5 Å². The highest BCUT2D eigenvalue weighted by Gasteiger charge is 2.44. The Morgan fingerprint density at radius 1 is 1.44 bits per heavy atom. The quantitative estimate of drug-likeness (QED) is 0.794. The first-order valence-corrected chi connectivity index (χ1v) is 11.0. The highest BCUT2D eigenvalue weighted by Crippen LogP contribution is 2.25. The van der Waals surface area contributed by atoms with E-state index in [1.807, 2.05) is 28.7 Å². The Morgan fingerprint density at radius 3 is 2.92 bits per heavy atom. The first kappa shape index (κ1) is 18.3. The SMILES string of the molecule is CCCN1C(=O)[C@@H]2C[C@H](NC(=O)Cc3ccsc3)CN2CCS1(=O)=O. The summed E-state index contributed by atoms with van der Waals surface area (Å²) in [6.07, 6.45) is 1.39. The van der Waals surface area contributed by atoms with Crippen molar-refractivity contribution in [1.82, 2.24) is 14.5 Å². The number of sulfonamides is 1. The Bertz CT molecular complexity index is 733. The van der Waals surface area contributed by atoms with Gasteiger partial charge in [-0.25, -0.2) is 12.7 Å². The average Bonchev–Trinajstić information content (AvgIpc) is 3.17. The van der Waals surface area contributed by atoms with Crippen molar-refractivity contribution in [3.63, 3.8) is 0 Å². The zero-order valence-electron chi connectivity index (χ0n) is 14.2. The van der Waals surface area contributed by atoms with E-state index in [2.05, 4.69) is 5.32 Å². The van der Waals surface area contributed by atoms with Crippen molar-refractivity contribution in [2.24, 2.45) is 0 Å². The summed E-state index contributed by atoms with van der Waals surface area (Å²) in [5.74, 6) is -0.467. The number of rotatable bonds is 5. The van der Waals surface area contributed by atoms with Gasteiger partial charge in [0.2, 0.25) is 15.9 Å². The summed E-state index contributed by atoms with van der Waals surface area (Å²) in [5, 5.41) is 6.86. The van der Waals surface area contributed by atoms with E-state index in [0.717, 1.165) is 9.87 Å². The molecule has 2 aliphatic rings. The van der Waals surface area contributed by atoms with E-state index in [0.29, 0.717) is 32.4 Å². The normalized spacial score (nSPS) is 26.3. The molecule has 0 radical (unpaired) electrons. The van der Waals surface area contributed by atoms with E-state index in [4.69, 9.17) is 0 Å². The molecule has 0 bridgehead atoms. The van der Waals surface area contributed by atoms with Crippen molar-refractivity contribution >= 4 is 33.2 Å². The molecule has 138 valence electrons. The smallest absolute Gasteiger partial charge is 0.253 e. The van der Waals surface area contributed by atoms with Gasteiger partial charge >= 0.3 is 0 Å². The van der Waals surface area contributed by atoms with Crippen LogP contribution in [0.15, 0.2) is 16.8 Å². The largest absolute Gasteiger partial charge is 0.352 e. The highest BCUT2D eigenvalue weighted by molar-refractivity contribution is 7.89. The fourth-order valence-electron chi connectivity index (χ4n) is 3.47. The molecule has 0 aliphatic carbocycles. The monoisotopic (exact) mass is 385 g/mol. The van der Waals surface area contributed by atoms with E-state index in [9.17, 15) is 18.0 Å². The van der Waals surface area contributed by atoms with Crippen molar-refractivity contribution in [2.75, 3.05) is 25.4 Å². The van der Waals surface area contributed by atoms with Crippen LogP contribution in [-0.2, 0) is 26.0 Å². The number of hydrogen-bond acceptors (Lipinski definition) is 6. The Hall–Kier alpha value is -1.45. The van der Waals surface area contributed by atoms with Gasteiger partial charge in [-0.1, -0.05) is 6.92 Å². The topological polar surface area (TPSA) is 86.8 Å². The van der Waals surface area contributed by atoms with Gasteiger partial charge in [0.25, 0.3) is 5.91 Å². The van der Waals surface area contributed by atoms with Crippen LogP contribution < -0.4 is 5.32 Å². The van der Waals surface area contributed by atoms with Gasteiger partial charge in [0.15, 0.2) is 0 Å². The molecule has 7 nitrogen and oxygen atoms in total. The van der Waals surface area contributed by atoms with Crippen LogP contribution in [-0.4, -0.2) is 66.9 Å². The standard InChI is InChI=1S/C16H23N3O4S2/c1-2-4-19-16(21)14-9-13(10-18(14)5-7-25(19,22)23)17-15(20)8-12-3-6-24-11-12/h3,6,11,13-14H,2,4-5,7-10H2,1H3,(H,17,20)/t13-,14-/m0/s1. The molecule has 1 aromatic heterocycles. The van der Waals surface area contributed by atoms with Gasteiger partial charge in [-0.15, -0.1) is 0 Å². The minimum atomic E-state index is -3.53. The Labute approximate surface area is 152 Å². The van der Waals surface area contributed by atoms with Gasteiger partial charge in [0.1, 0.15) is 0 Å².